The molecule has 0 aromatic carbocycles. The zero-order chi connectivity index (χ0) is 14.2. The van der Waals surface area contributed by atoms with E-state index in [9.17, 15) is 4.79 Å². The number of nitrogens with one attached hydrogen (secondary N) is 1. The molecule has 5 nitrogen and oxygen atoms in total. The van der Waals surface area contributed by atoms with Gasteiger partial charge in [0.25, 0.3) is 5.91 Å². The van der Waals surface area contributed by atoms with Crippen molar-refractivity contribution in [3.8, 4) is 0 Å². The summed E-state index contributed by atoms with van der Waals surface area (Å²) < 4.78 is 1.79. The zero-order valence-electron chi connectivity index (χ0n) is 11.4. The number of amides is 1. The van der Waals surface area contributed by atoms with Gasteiger partial charge in [-0.3, -0.25) is 9.69 Å². The number of hydrogen-bond acceptors (Lipinski definition) is 3. The van der Waals surface area contributed by atoms with Crippen molar-refractivity contribution < 1.29 is 4.79 Å². The number of rotatable bonds is 2. The van der Waals surface area contributed by atoms with Crippen LogP contribution in [0, 0.1) is 5.92 Å². The van der Waals surface area contributed by atoms with Gasteiger partial charge in [-0.25, -0.2) is 4.98 Å². The van der Waals surface area contributed by atoms with Gasteiger partial charge in [-0.15, -0.1) is 0 Å². The maximum Gasteiger partial charge on any atom is 0.255 e. The van der Waals surface area contributed by atoms with Crippen LogP contribution in [-0.2, 0) is 0 Å². The average molecular weight is 303 g/mol. The number of carbonyl (C=O) groups excluding carboxylic acids is 1. The topological polar surface area (TPSA) is 49.6 Å². The fourth-order valence-corrected chi connectivity index (χ4v) is 4.56. The van der Waals surface area contributed by atoms with Crippen LogP contribution in [0.1, 0.15) is 23.2 Å². The number of imidazole rings is 1. The van der Waals surface area contributed by atoms with Gasteiger partial charge in [0.1, 0.15) is 5.65 Å². The molecule has 2 saturated heterocycles. The molecule has 3 atom stereocenters. The molecule has 1 N–H and O–H groups in total. The van der Waals surface area contributed by atoms with Crippen molar-refractivity contribution >= 4 is 23.2 Å². The molecule has 21 heavy (non-hydrogen) atoms. The number of fused-ring (bicyclic) bond motifs is 1. The fraction of sp³-hybridized carbons (Fsp3) is 0.467. The highest BCUT2D eigenvalue weighted by Gasteiger charge is 2.72. The van der Waals surface area contributed by atoms with E-state index in [1.807, 2.05) is 0 Å². The molecule has 4 heterocycles. The third-order valence-electron chi connectivity index (χ3n) is 5.45. The maximum absolute atomic E-state index is 12.7. The largest absolute Gasteiger partial charge is 0.347 e. The van der Waals surface area contributed by atoms with Crippen molar-refractivity contribution in [3.05, 3.63) is 35.2 Å². The van der Waals surface area contributed by atoms with E-state index in [1.54, 1.807) is 29.1 Å². The van der Waals surface area contributed by atoms with Gasteiger partial charge in [-0.05, 0) is 24.8 Å². The SMILES string of the molecule is O=C(NC1CCN2CC3CC312)c1cc(Cl)cn2ccnc12. The van der Waals surface area contributed by atoms with Crippen molar-refractivity contribution in [3.63, 3.8) is 0 Å². The van der Waals surface area contributed by atoms with Gasteiger partial charge in [-0.1, -0.05) is 11.6 Å². The van der Waals surface area contributed by atoms with Crippen LogP contribution in [0.2, 0.25) is 5.02 Å². The Balaban J connectivity index is 1.47. The smallest absolute Gasteiger partial charge is 0.255 e. The van der Waals surface area contributed by atoms with E-state index in [0.29, 0.717) is 21.8 Å². The second-order valence-corrected chi connectivity index (χ2v) is 6.82. The van der Waals surface area contributed by atoms with Gasteiger partial charge in [0, 0.05) is 43.3 Å². The molecule has 2 aliphatic heterocycles. The van der Waals surface area contributed by atoms with Gasteiger partial charge >= 0.3 is 0 Å². The number of pyridine rings is 1. The van der Waals surface area contributed by atoms with Crippen molar-refractivity contribution in [2.75, 3.05) is 13.1 Å². The van der Waals surface area contributed by atoms with Crippen LogP contribution >= 0.6 is 11.6 Å². The summed E-state index contributed by atoms with van der Waals surface area (Å²) in [6, 6.07) is 1.98. The summed E-state index contributed by atoms with van der Waals surface area (Å²) in [5.74, 6) is 0.739. The van der Waals surface area contributed by atoms with Crippen LogP contribution in [0.15, 0.2) is 24.7 Å². The quantitative estimate of drug-likeness (QED) is 0.916. The number of aromatic nitrogens is 2. The zero-order valence-corrected chi connectivity index (χ0v) is 12.2. The second kappa shape index (κ2) is 3.78. The van der Waals surface area contributed by atoms with Crippen LogP contribution in [0.3, 0.4) is 0 Å². The molecule has 1 spiro atoms. The monoisotopic (exact) mass is 302 g/mol. The maximum atomic E-state index is 12.7. The van der Waals surface area contributed by atoms with Gasteiger partial charge in [-0.2, -0.15) is 0 Å². The predicted molar refractivity (Wildman–Crippen MR) is 78.5 cm³/mol. The van der Waals surface area contributed by atoms with Crippen LogP contribution in [-0.4, -0.2) is 44.9 Å². The number of nitrogens with zero attached hydrogens (tertiary/aromatic N) is 3. The van der Waals surface area contributed by atoms with E-state index in [2.05, 4.69) is 15.2 Å². The van der Waals surface area contributed by atoms with Crippen molar-refractivity contribution in [1.82, 2.24) is 19.6 Å². The lowest BCUT2D eigenvalue weighted by Crippen LogP contribution is -2.55. The summed E-state index contributed by atoms with van der Waals surface area (Å²) in [5, 5.41) is 3.77. The molecule has 3 unspecified atom stereocenters. The van der Waals surface area contributed by atoms with Crippen LogP contribution < -0.4 is 5.32 Å². The fourth-order valence-electron chi connectivity index (χ4n) is 4.35. The van der Waals surface area contributed by atoms with Gasteiger partial charge in [0.2, 0.25) is 0 Å². The molecule has 1 saturated carbocycles. The first-order valence-corrected chi connectivity index (χ1v) is 7.74. The predicted octanol–water partition coefficient (Wildman–Crippen LogP) is 1.56. The molecule has 108 valence electrons. The van der Waals surface area contributed by atoms with Crippen molar-refractivity contribution in [2.24, 2.45) is 5.92 Å². The standard InChI is InChI=1S/C15H15ClN4O/c16-10-5-11(13-17-2-4-19(13)8-10)14(21)18-12-1-3-20-7-9-6-15(9,12)20/h2,4-5,8-9,12H,1,3,6-7H2,(H,18,21). The van der Waals surface area contributed by atoms with Gasteiger partial charge in [0.05, 0.1) is 10.6 Å². The highest BCUT2D eigenvalue weighted by atomic mass is 35.5. The number of halogens is 1. The molecular formula is C15H15ClN4O. The Morgan fingerprint density at radius 3 is 3.24 bits per heavy atom. The summed E-state index contributed by atoms with van der Waals surface area (Å²) in [6.45, 7) is 2.32. The first-order valence-electron chi connectivity index (χ1n) is 7.36. The normalized spacial score (nSPS) is 33.4. The number of carbonyl (C=O) groups is 1. The lowest BCUT2D eigenvalue weighted by atomic mass is 9.98. The molecule has 2 aromatic heterocycles. The molecule has 2 aromatic rings. The van der Waals surface area contributed by atoms with E-state index >= 15 is 0 Å². The van der Waals surface area contributed by atoms with Crippen LogP contribution in [0.5, 0.6) is 0 Å². The Morgan fingerprint density at radius 2 is 2.43 bits per heavy atom. The molecule has 0 bridgehead atoms. The summed E-state index contributed by atoms with van der Waals surface area (Å²) in [6.07, 6.45) is 7.54. The molecule has 6 heteroatoms. The summed E-state index contributed by atoms with van der Waals surface area (Å²) in [7, 11) is 0. The Morgan fingerprint density at radius 1 is 1.52 bits per heavy atom. The Kier molecular flexibility index (Phi) is 2.16. The highest BCUT2D eigenvalue weighted by Crippen LogP contribution is 2.63. The van der Waals surface area contributed by atoms with Crippen molar-refractivity contribution in [1.29, 1.82) is 0 Å². The van der Waals surface area contributed by atoms with E-state index in [4.69, 9.17) is 11.6 Å². The lowest BCUT2D eigenvalue weighted by molar-refractivity contribution is 0.0837. The Bertz CT molecular complexity index is 772. The van der Waals surface area contributed by atoms with E-state index in [-0.39, 0.29) is 11.9 Å². The summed E-state index contributed by atoms with van der Waals surface area (Å²) in [5.41, 5.74) is 1.50. The number of hydrogen-bond donors (Lipinski definition) is 1. The second-order valence-electron chi connectivity index (χ2n) is 6.38. The third-order valence-corrected chi connectivity index (χ3v) is 5.65. The minimum Gasteiger partial charge on any atom is -0.347 e. The minimum absolute atomic E-state index is 0.0625. The van der Waals surface area contributed by atoms with E-state index in [1.165, 1.54) is 13.0 Å². The molecule has 3 aliphatic rings. The summed E-state index contributed by atoms with van der Waals surface area (Å²) >= 11 is 6.10. The highest BCUT2D eigenvalue weighted by molar-refractivity contribution is 6.31. The Labute approximate surface area is 126 Å². The molecule has 1 amide bonds. The molecule has 0 radical (unpaired) electrons. The first-order chi connectivity index (χ1) is 10.2. The van der Waals surface area contributed by atoms with Crippen LogP contribution in [0.4, 0.5) is 0 Å². The average Bonchev–Trinajstić information content (AvgIpc) is 2.72. The van der Waals surface area contributed by atoms with Crippen molar-refractivity contribution in [2.45, 2.75) is 24.4 Å². The molecule has 5 rings (SSSR count). The molecule has 3 fully saturated rings. The first kappa shape index (κ1) is 12.0. The molecular weight excluding hydrogens is 288 g/mol. The third kappa shape index (κ3) is 1.45. The van der Waals surface area contributed by atoms with Gasteiger partial charge < -0.3 is 9.72 Å². The minimum atomic E-state index is -0.0625. The molecule has 1 aliphatic carbocycles. The lowest BCUT2D eigenvalue weighted by Gasteiger charge is -2.38. The van der Waals surface area contributed by atoms with Crippen LogP contribution in [0.25, 0.3) is 5.65 Å². The van der Waals surface area contributed by atoms with E-state index < -0.39 is 0 Å². The summed E-state index contributed by atoms with van der Waals surface area (Å²) in [4.78, 5) is 19.4. The van der Waals surface area contributed by atoms with E-state index in [0.717, 1.165) is 18.9 Å². The Hall–Kier alpha value is -1.59. The van der Waals surface area contributed by atoms with Gasteiger partial charge in [0.15, 0.2) is 0 Å².